The van der Waals surface area contributed by atoms with Gasteiger partial charge in [-0.2, -0.15) is 0 Å². The first kappa shape index (κ1) is 12.5. The van der Waals surface area contributed by atoms with E-state index in [1.807, 2.05) is 25.2 Å². The summed E-state index contributed by atoms with van der Waals surface area (Å²) in [5.41, 5.74) is 0.687. The summed E-state index contributed by atoms with van der Waals surface area (Å²) in [7, 11) is 3.74. The van der Waals surface area contributed by atoms with E-state index >= 15 is 0 Å². The minimum atomic E-state index is -1.09. The number of imide groups is 1. The maximum Gasteiger partial charge on any atom is 0.414 e. The number of carbonyl (C=O) groups is 2. The summed E-state index contributed by atoms with van der Waals surface area (Å²) in [6.07, 6.45) is 5.13. The number of carbonyl (C=O) groups excluding carboxylic acids is 1. The quantitative estimate of drug-likeness (QED) is 0.733. The van der Waals surface area contributed by atoms with Crippen LogP contribution in [-0.2, 0) is 4.79 Å². The Hall–Kier alpha value is -1.52. The lowest BCUT2D eigenvalue weighted by molar-refractivity contribution is -0.124. The van der Waals surface area contributed by atoms with Crippen molar-refractivity contribution in [1.82, 2.24) is 9.80 Å². The molecule has 3 fully saturated rings. The lowest BCUT2D eigenvalue weighted by atomic mass is 9.94. The Kier molecular flexibility index (Phi) is 2.80. The van der Waals surface area contributed by atoms with Crippen LogP contribution in [0.1, 0.15) is 25.7 Å². The summed E-state index contributed by atoms with van der Waals surface area (Å²) in [5.74, 6) is 0.802. The fraction of sp³-hybridized carbons (Fsp3) is 0.714. The molecule has 1 aliphatic heterocycles. The number of carboxylic acid groups (broad SMARTS) is 1. The van der Waals surface area contributed by atoms with E-state index in [2.05, 4.69) is 0 Å². The fourth-order valence-electron chi connectivity index (χ4n) is 4.33. The molecular formula is C14H20N2O3. The van der Waals surface area contributed by atoms with E-state index in [1.165, 1.54) is 12.8 Å². The van der Waals surface area contributed by atoms with Gasteiger partial charge < -0.3 is 10.0 Å². The molecule has 19 heavy (non-hydrogen) atoms. The molecule has 104 valence electrons. The molecular weight excluding hydrogens is 244 g/mol. The molecule has 1 saturated heterocycles. The Labute approximate surface area is 112 Å². The number of likely N-dealkylation sites (tertiary alicyclic amines) is 1. The maximum absolute atomic E-state index is 12.3. The van der Waals surface area contributed by atoms with Gasteiger partial charge in [0.25, 0.3) is 5.91 Å². The van der Waals surface area contributed by atoms with Crippen LogP contribution >= 0.6 is 0 Å². The summed E-state index contributed by atoms with van der Waals surface area (Å²) in [5, 5.41) is 9.37. The zero-order valence-electron chi connectivity index (χ0n) is 11.4. The molecule has 0 aromatic carbocycles. The molecule has 2 saturated carbocycles. The minimum absolute atomic E-state index is 0.108. The van der Waals surface area contributed by atoms with Crippen molar-refractivity contribution in [1.29, 1.82) is 0 Å². The molecule has 2 amide bonds. The molecule has 0 spiro atoms. The second-order valence-corrected chi connectivity index (χ2v) is 6.19. The molecule has 3 rings (SSSR count). The van der Waals surface area contributed by atoms with Crippen molar-refractivity contribution >= 4 is 12.0 Å². The molecule has 5 nitrogen and oxygen atoms in total. The first-order valence-electron chi connectivity index (χ1n) is 6.95. The third kappa shape index (κ3) is 1.75. The van der Waals surface area contributed by atoms with Crippen LogP contribution in [0.3, 0.4) is 0 Å². The maximum atomic E-state index is 12.3. The highest BCUT2D eigenvalue weighted by Crippen LogP contribution is 2.54. The van der Waals surface area contributed by atoms with E-state index in [4.69, 9.17) is 0 Å². The monoisotopic (exact) mass is 264 g/mol. The Morgan fingerprint density at radius 3 is 2.79 bits per heavy atom. The second-order valence-electron chi connectivity index (χ2n) is 6.19. The van der Waals surface area contributed by atoms with Crippen molar-refractivity contribution in [3.63, 3.8) is 0 Å². The predicted molar refractivity (Wildman–Crippen MR) is 69.4 cm³/mol. The SMILES string of the molecule is CN(C)/C=C1/C(=O)N(C(=O)O)[C@@H]2[C@H]3CCC[C@H]3C[C@H]12. The third-order valence-electron chi connectivity index (χ3n) is 4.89. The van der Waals surface area contributed by atoms with Crippen molar-refractivity contribution in [2.45, 2.75) is 31.7 Å². The average molecular weight is 264 g/mol. The molecule has 4 atom stereocenters. The molecule has 0 radical (unpaired) electrons. The number of fused-ring (bicyclic) bond motifs is 3. The molecule has 2 aliphatic carbocycles. The molecule has 5 heteroatoms. The third-order valence-corrected chi connectivity index (χ3v) is 4.89. The van der Waals surface area contributed by atoms with Gasteiger partial charge in [-0.1, -0.05) is 12.8 Å². The van der Waals surface area contributed by atoms with Gasteiger partial charge >= 0.3 is 6.09 Å². The molecule has 0 bridgehead atoms. The van der Waals surface area contributed by atoms with Crippen LogP contribution in [0.25, 0.3) is 0 Å². The first-order valence-corrected chi connectivity index (χ1v) is 6.95. The van der Waals surface area contributed by atoms with Crippen LogP contribution in [0, 0.1) is 17.8 Å². The van der Waals surface area contributed by atoms with Crippen LogP contribution in [0.4, 0.5) is 4.79 Å². The van der Waals surface area contributed by atoms with Gasteiger partial charge in [-0.05, 0) is 24.7 Å². The first-order chi connectivity index (χ1) is 9.00. The van der Waals surface area contributed by atoms with E-state index in [9.17, 15) is 14.7 Å². The van der Waals surface area contributed by atoms with Gasteiger partial charge in [0.05, 0.1) is 6.04 Å². The van der Waals surface area contributed by atoms with E-state index in [0.29, 0.717) is 17.4 Å². The number of rotatable bonds is 1. The van der Waals surface area contributed by atoms with Crippen LogP contribution < -0.4 is 0 Å². The van der Waals surface area contributed by atoms with E-state index in [1.54, 1.807) is 0 Å². The Bertz CT molecular complexity index is 458. The Balaban J connectivity index is 2.00. The number of nitrogens with zero attached hydrogens (tertiary/aromatic N) is 2. The van der Waals surface area contributed by atoms with Gasteiger partial charge in [0, 0.05) is 31.8 Å². The lowest BCUT2D eigenvalue weighted by Crippen LogP contribution is -2.41. The summed E-state index contributed by atoms with van der Waals surface area (Å²) < 4.78 is 0. The van der Waals surface area contributed by atoms with Gasteiger partial charge in [-0.15, -0.1) is 0 Å². The molecule has 3 aliphatic rings. The average Bonchev–Trinajstić information content (AvgIpc) is 2.92. The zero-order valence-corrected chi connectivity index (χ0v) is 11.4. The van der Waals surface area contributed by atoms with Gasteiger partial charge in [0.2, 0.25) is 0 Å². The summed E-state index contributed by atoms with van der Waals surface area (Å²) in [6, 6.07) is -0.108. The lowest BCUT2D eigenvalue weighted by Gasteiger charge is -2.24. The summed E-state index contributed by atoms with van der Waals surface area (Å²) in [6.45, 7) is 0. The fourth-order valence-corrected chi connectivity index (χ4v) is 4.33. The van der Waals surface area contributed by atoms with Crippen LogP contribution in [0.15, 0.2) is 11.8 Å². The highest BCUT2D eigenvalue weighted by molar-refractivity contribution is 6.05. The van der Waals surface area contributed by atoms with E-state index < -0.39 is 6.09 Å². The highest BCUT2D eigenvalue weighted by Gasteiger charge is 2.57. The van der Waals surface area contributed by atoms with Gasteiger partial charge in [-0.3, -0.25) is 4.79 Å². The van der Waals surface area contributed by atoms with Crippen molar-refractivity contribution in [3.8, 4) is 0 Å². The topological polar surface area (TPSA) is 60.9 Å². The molecule has 1 N–H and O–H groups in total. The second kappa shape index (κ2) is 4.25. The van der Waals surface area contributed by atoms with Crippen LogP contribution in [0.2, 0.25) is 0 Å². The summed E-state index contributed by atoms with van der Waals surface area (Å²) in [4.78, 5) is 26.7. The van der Waals surface area contributed by atoms with Gasteiger partial charge in [-0.25, -0.2) is 9.69 Å². The Morgan fingerprint density at radius 2 is 2.16 bits per heavy atom. The van der Waals surface area contributed by atoms with E-state index in [0.717, 1.165) is 17.7 Å². The van der Waals surface area contributed by atoms with Crippen molar-refractivity contribution < 1.29 is 14.7 Å². The summed E-state index contributed by atoms with van der Waals surface area (Å²) >= 11 is 0. The number of hydrogen-bond donors (Lipinski definition) is 1. The van der Waals surface area contributed by atoms with Crippen molar-refractivity contribution in [2.75, 3.05) is 14.1 Å². The molecule has 0 aromatic rings. The van der Waals surface area contributed by atoms with Gasteiger partial charge in [0.1, 0.15) is 0 Å². The van der Waals surface area contributed by atoms with Crippen LogP contribution in [0.5, 0.6) is 0 Å². The number of amides is 2. The molecule has 0 unspecified atom stereocenters. The van der Waals surface area contributed by atoms with Crippen molar-refractivity contribution in [2.24, 2.45) is 17.8 Å². The van der Waals surface area contributed by atoms with E-state index in [-0.39, 0.29) is 17.9 Å². The molecule has 0 aromatic heterocycles. The molecule has 1 heterocycles. The number of hydrogen-bond acceptors (Lipinski definition) is 3. The minimum Gasteiger partial charge on any atom is -0.465 e. The van der Waals surface area contributed by atoms with Crippen molar-refractivity contribution in [3.05, 3.63) is 11.8 Å². The zero-order chi connectivity index (χ0) is 13.7. The smallest absolute Gasteiger partial charge is 0.414 e. The Morgan fingerprint density at radius 1 is 1.42 bits per heavy atom. The standard InChI is InChI=1S/C14H20N2O3/c1-15(2)7-11-10-6-8-4-3-5-9(8)12(10)16(13(11)17)14(18)19/h7-10,12H,3-6H2,1-2H3,(H,18,19)/b11-7+/t8-,9-,10+,12+/m0/s1. The normalized spacial score (nSPS) is 38.7. The predicted octanol–water partition coefficient (Wildman–Crippen LogP) is 1.76. The highest BCUT2D eigenvalue weighted by atomic mass is 16.4. The largest absolute Gasteiger partial charge is 0.465 e. The van der Waals surface area contributed by atoms with Gasteiger partial charge in [0.15, 0.2) is 0 Å². The van der Waals surface area contributed by atoms with Crippen LogP contribution in [-0.4, -0.2) is 47.0 Å².